The number of aryl methyl sites for hydroxylation is 2. The fourth-order valence-corrected chi connectivity index (χ4v) is 3.72. The van der Waals surface area contributed by atoms with Gasteiger partial charge in [-0.3, -0.25) is 9.10 Å². The van der Waals surface area contributed by atoms with E-state index in [4.69, 9.17) is 0 Å². The Morgan fingerprint density at radius 3 is 2.13 bits per heavy atom. The van der Waals surface area contributed by atoms with E-state index in [0.29, 0.717) is 11.4 Å². The van der Waals surface area contributed by atoms with Crippen LogP contribution in [0, 0.1) is 13.8 Å². The van der Waals surface area contributed by atoms with Gasteiger partial charge in [-0.25, -0.2) is 13.8 Å². The lowest BCUT2D eigenvalue weighted by Gasteiger charge is -2.22. The zero-order valence-corrected chi connectivity index (χ0v) is 19.6. The maximum atomic E-state index is 12.4. The molecule has 2 rings (SSSR count). The Labute approximate surface area is 180 Å². The van der Waals surface area contributed by atoms with Crippen molar-refractivity contribution in [2.45, 2.75) is 47.0 Å². The van der Waals surface area contributed by atoms with Gasteiger partial charge in [-0.1, -0.05) is 51.1 Å². The van der Waals surface area contributed by atoms with Gasteiger partial charge in [0.05, 0.1) is 17.7 Å². The molecule has 0 aliphatic rings. The van der Waals surface area contributed by atoms with E-state index in [-0.39, 0.29) is 12.0 Å². The predicted molar refractivity (Wildman–Crippen MR) is 124 cm³/mol. The lowest BCUT2D eigenvalue weighted by molar-refractivity contribution is -0.119. The van der Waals surface area contributed by atoms with Crippen LogP contribution in [0.1, 0.15) is 49.9 Å². The highest BCUT2D eigenvalue weighted by atomic mass is 32.2. The number of sulfonamides is 1. The lowest BCUT2D eigenvalue weighted by atomic mass is 9.86. The van der Waals surface area contributed by atoms with Gasteiger partial charge in [-0.15, -0.1) is 0 Å². The summed E-state index contributed by atoms with van der Waals surface area (Å²) < 4.78 is 25.6. The van der Waals surface area contributed by atoms with Crippen LogP contribution in [0.25, 0.3) is 0 Å². The molecule has 0 spiro atoms. The molecule has 0 saturated heterocycles. The molecule has 7 heteroatoms. The number of hydrazone groups is 1. The summed E-state index contributed by atoms with van der Waals surface area (Å²) in [6.07, 6.45) is 1.08. The van der Waals surface area contributed by atoms with E-state index in [9.17, 15) is 13.2 Å². The molecule has 0 aliphatic carbocycles. The van der Waals surface area contributed by atoms with Crippen LogP contribution in [0.2, 0.25) is 0 Å². The fraction of sp³-hybridized carbons (Fsp3) is 0.391. The Balaban J connectivity index is 2.14. The standard InChI is InChI=1S/C23H31N3O3S/c1-16-8-13-21(14-17(16)2)26(30(7,28)29)15-22(27)25-24-18(3)19-9-11-20(12-10-19)23(4,5)6/h8-14H,15H2,1-7H3,(H,25,27)/b24-18-. The third-order valence-corrected chi connectivity index (χ3v) is 6.12. The normalized spacial score (nSPS) is 12.6. The summed E-state index contributed by atoms with van der Waals surface area (Å²) in [7, 11) is -3.63. The number of nitrogens with one attached hydrogen (secondary N) is 1. The van der Waals surface area contributed by atoms with Crippen molar-refractivity contribution in [3.63, 3.8) is 0 Å². The lowest BCUT2D eigenvalue weighted by Crippen LogP contribution is -2.39. The number of anilines is 1. The highest BCUT2D eigenvalue weighted by Gasteiger charge is 2.21. The van der Waals surface area contributed by atoms with Crippen molar-refractivity contribution in [1.29, 1.82) is 0 Å². The highest BCUT2D eigenvalue weighted by Crippen LogP contribution is 2.23. The molecule has 0 atom stereocenters. The Morgan fingerprint density at radius 1 is 1.03 bits per heavy atom. The Bertz CT molecular complexity index is 1050. The van der Waals surface area contributed by atoms with E-state index in [1.165, 1.54) is 5.56 Å². The van der Waals surface area contributed by atoms with Crippen LogP contribution >= 0.6 is 0 Å². The van der Waals surface area contributed by atoms with Crippen molar-refractivity contribution in [3.05, 3.63) is 64.7 Å². The predicted octanol–water partition coefficient (Wildman–Crippen LogP) is 3.91. The van der Waals surface area contributed by atoms with Gasteiger partial charge >= 0.3 is 0 Å². The zero-order valence-electron chi connectivity index (χ0n) is 18.8. The Hall–Kier alpha value is -2.67. The minimum absolute atomic E-state index is 0.0568. The summed E-state index contributed by atoms with van der Waals surface area (Å²) in [5.41, 5.74) is 7.71. The molecule has 162 valence electrons. The first-order valence-corrected chi connectivity index (χ1v) is 11.6. The van der Waals surface area contributed by atoms with Crippen LogP contribution < -0.4 is 9.73 Å². The van der Waals surface area contributed by atoms with Crippen LogP contribution in [-0.2, 0) is 20.2 Å². The number of carbonyl (C=O) groups is 1. The molecule has 30 heavy (non-hydrogen) atoms. The summed E-state index contributed by atoms with van der Waals surface area (Å²) in [5, 5.41) is 4.14. The highest BCUT2D eigenvalue weighted by molar-refractivity contribution is 7.92. The first-order valence-electron chi connectivity index (χ1n) is 9.78. The number of amides is 1. The third kappa shape index (κ3) is 6.16. The van der Waals surface area contributed by atoms with E-state index in [0.717, 1.165) is 27.3 Å². The minimum atomic E-state index is -3.63. The molecule has 0 aliphatic heterocycles. The van der Waals surface area contributed by atoms with E-state index in [2.05, 4.69) is 31.3 Å². The molecule has 0 fully saturated rings. The van der Waals surface area contributed by atoms with Crippen LogP contribution in [-0.4, -0.2) is 32.8 Å². The van der Waals surface area contributed by atoms with Crippen LogP contribution in [0.3, 0.4) is 0 Å². The summed E-state index contributed by atoms with van der Waals surface area (Å²) in [5.74, 6) is -0.510. The average Bonchev–Trinajstić information content (AvgIpc) is 2.65. The average molecular weight is 430 g/mol. The number of hydrogen-bond acceptors (Lipinski definition) is 4. The van der Waals surface area contributed by atoms with Gasteiger partial charge in [0.15, 0.2) is 0 Å². The van der Waals surface area contributed by atoms with Gasteiger partial charge in [-0.2, -0.15) is 5.10 Å². The Morgan fingerprint density at radius 2 is 1.63 bits per heavy atom. The second-order valence-electron chi connectivity index (χ2n) is 8.60. The van der Waals surface area contributed by atoms with Gasteiger partial charge in [0.1, 0.15) is 6.54 Å². The quantitative estimate of drug-likeness (QED) is 0.559. The van der Waals surface area contributed by atoms with E-state index in [1.54, 1.807) is 19.1 Å². The summed E-state index contributed by atoms with van der Waals surface area (Å²) in [4.78, 5) is 12.4. The second kappa shape index (κ2) is 9.00. The Kier molecular flexibility index (Phi) is 7.08. The molecule has 0 saturated carbocycles. The van der Waals surface area contributed by atoms with Crippen LogP contribution in [0.5, 0.6) is 0 Å². The van der Waals surface area contributed by atoms with E-state index >= 15 is 0 Å². The molecule has 2 aromatic rings. The summed E-state index contributed by atoms with van der Waals surface area (Å²) in [6.45, 7) is 11.7. The van der Waals surface area contributed by atoms with Gasteiger partial charge in [0, 0.05) is 0 Å². The van der Waals surface area contributed by atoms with Crippen molar-refractivity contribution in [1.82, 2.24) is 5.43 Å². The third-order valence-electron chi connectivity index (χ3n) is 4.98. The van der Waals surface area contributed by atoms with E-state index in [1.807, 2.05) is 44.2 Å². The maximum absolute atomic E-state index is 12.4. The molecule has 1 N–H and O–H groups in total. The van der Waals surface area contributed by atoms with Gasteiger partial charge < -0.3 is 0 Å². The maximum Gasteiger partial charge on any atom is 0.260 e. The van der Waals surface area contributed by atoms with Crippen LogP contribution in [0.4, 0.5) is 5.69 Å². The van der Waals surface area contributed by atoms with Crippen molar-refractivity contribution < 1.29 is 13.2 Å². The fourth-order valence-electron chi connectivity index (χ4n) is 2.87. The molecular formula is C23H31N3O3S. The topological polar surface area (TPSA) is 78.8 Å². The van der Waals surface area contributed by atoms with Crippen molar-refractivity contribution >= 4 is 27.3 Å². The molecule has 0 heterocycles. The smallest absolute Gasteiger partial charge is 0.260 e. The monoisotopic (exact) mass is 429 g/mol. The number of nitrogens with zero attached hydrogens (tertiary/aromatic N) is 2. The first kappa shape index (κ1) is 23.6. The number of rotatable bonds is 6. The molecule has 0 bridgehead atoms. The van der Waals surface area contributed by atoms with Crippen molar-refractivity contribution in [2.75, 3.05) is 17.1 Å². The van der Waals surface area contributed by atoms with Gasteiger partial charge in [0.25, 0.3) is 5.91 Å². The number of hydrogen-bond donors (Lipinski definition) is 1. The first-order chi connectivity index (χ1) is 13.8. The van der Waals surface area contributed by atoms with Crippen LogP contribution in [0.15, 0.2) is 47.6 Å². The summed E-state index contributed by atoms with van der Waals surface area (Å²) in [6, 6.07) is 13.3. The van der Waals surface area contributed by atoms with Crippen molar-refractivity contribution in [3.8, 4) is 0 Å². The number of benzene rings is 2. The largest absolute Gasteiger partial charge is 0.271 e. The van der Waals surface area contributed by atoms with Gasteiger partial charge in [-0.05, 0) is 60.6 Å². The molecule has 2 aromatic carbocycles. The second-order valence-corrected chi connectivity index (χ2v) is 10.5. The molecular weight excluding hydrogens is 398 g/mol. The van der Waals surface area contributed by atoms with E-state index < -0.39 is 15.9 Å². The summed E-state index contributed by atoms with van der Waals surface area (Å²) >= 11 is 0. The zero-order chi connectivity index (χ0) is 22.7. The molecule has 0 unspecified atom stereocenters. The molecule has 0 aromatic heterocycles. The molecule has 1 amide bonds. The SMILES string of the molecule is C/C(=N/NC(=O)CN(c1ccc(C)c(C)c1)S(C)(=O)=O)c1ccc(C(C)(C)C)cc1. The van der Waals surface area contributed by atoms with Gasteiger partial charge in [0.2, 0.25) is 10.0 Å². The van der Waals surface area contributed by atoms with Crippen molar-refractivity contribution in [2.24, 2.45) is 5.10 Å². The number of carbonyl (C=O) groups excluding carboxylic acids is 1. The minimum Gasteiger partial charge on any atom is -0.271 e. The molecule has 0 radical (unpaired) electrons. The molecule has 6 nitrogen and oxygen atoms in total.